The second-order valence-electron chi connectivity index (χ2n) is 13.7. The Bertz CT molecular complexity index is 1310. The minimum atomic E-state index is -1.56. The molecular formula is C30H36O11. The zero-order valence-corrected chi connectivity index (χ0v) is 23.4. The second kappa shape index (κ2) is 8.34. The average molecular weight is 573 g/mol. The molecular weight excluding hydrogens is 536 g/mol. The molecule has 3 saturated heterocycles. The summed E-state index contributed by atoms with van der Waals surface area (Å²) in [6.07, 6.45) is 1.41. The summed E-state index contributed by atoms with van der Waals surface area (Å²) in [5.41, 5.74) is -3.47. The van der Waals surface area contributed by atoms with Gasteiger partial charge in [0.1, 0.15) is 36.8 Å². The van der Waals surface area contributed by atoms with E-state index in [4.69, 9.17) is 28.4 Å². The van der Waals surface area contributed by atoms with E-state index >= 15 is 0 Å². The predicted molar refractivity (Wildman–Crippen MR) is 136 cm³/mol. The first-order chi connectivity index (χ1) is 19.5. The Kier molecular flexibility index (Phi) is 5.42. The van der Waals surface area contributed by atoms with Gasteiger partial charge in [0.05, 0.1) is 23.7 Å². The van der Waals surface area contributed by atoms with Gasteiger partial charge >= 0.3 is 5.97 Å². The molecule has 0 aromatic heterocycles. The topological polar surface area (TPSA) is 150 Å². The molecule has 2 N–H and O–H groups in total. The number of esters is 1. The molecule has 11 nitrogen and oxygen atoms in total. The highest BCUT2D eigenvalue weighted by molar-refractivity contribution is 5.98. The van der Waals surface area contributed by atoms with Gasteiger partial charge in [-0.25, -0.2) is 4.79 Å². The lowest BCUT2D eigenvalue weighted by molar-refractivity contribution is -0.245. The second-order valence-corrected chi connectivity index (χ2v) is 13.7. The van der Waals surface area contributed by atoms with Crippen LogP contribution in [0.2, 0.25) is 0 Å². The Labute approximate surface area is 237 Å². The molecule has 3 saturated carbocycles. The van der Waals surface area contributed by atoms with Crippen molar-refractivity contribution in [1.82, 2.24) is 0 Å². The number of hydrogen-bond acceptors (Lipinski definition) is 11. The summed E-state index contributed by atoms with van der Waals surface area (Å²) in [7, 11) is 0. The summed E-state index contributed by atoms with van der Waals surface area (Å²) in [6.45, 7) is 5.71. The molecule has 6 fully saturated rings. The molecule has 0 aromatic carbocycles. The summed E-state index contributed by atoms with van der Waals surface area (Å²) < 4.78 is 34.7. The third-order valence-corrected chi connectivity index (χ3v) is 12.0. The van der Waals surface area contributed by atoms with Gasteiger partial charge in [-0.15, -0.1) is 0 Å². The number of aliphatic hydroxyl groups excluding tert-OH is 1. The molecule has 4 heterocycles. The van der Waals surface area contributed by atoms with Crippen LogP contribution in [0.1, 0.15) is 52.9 Å². The van der Waals surface area contributed by atoms with Gasteiger partial charge in [0.2, 0.25) is 12.1 Å². The highest BCUT2D eigenvalue weighted by Crippen LogP contribution is 2.76. The van der Waals surface area contributed by atoms with Crippen LogP contribution in [0, 0.1) is 22.7 Å². The highest BCUT2D eigenvalue weighted by atomic mass is 16.8. The van der Waals surface area contributed by atoms with Crippen LogP contribution in [0.25, 0.3) is 0 Å². The van der Waals surface area contributed by atoms with Crippen molar-refractivity contribution in [1.29, 1.82) is 0 Å². The van der Waals surface area contributed by atoms with Gasteiger partial charge < -0.3 is 38.6 Å². The van der Waals surface area contributed by atoms with E-state index in [1.165, 1.54) is 6.08 Å². The fourth-order valence-electron chi connectivity index (χ4n) is 9.89. The zero-order valence-electron chi connectivity index (χ0n) is 23.4. The number of hydrogen-bond donors (Lipinski definition) is 2. The molecule has 41 heavy (non-hydrogen) atoms. The summed E-state index contributed by atoms with van der Waals surface area (Å²) in [6, 6.07) is 0. The summed E-state index contributed by atoms with van der Waals surface area (Å²) in [5, 5.41) is 24.3. The van der Waals surface area contributed by atoms with Crippen molar-refractivity contribution in [3.63, 3.8) is 0 Å². The van der Waals surface area contributed by atoms with Crippen LogP contribution < -0.4 is 0 Å². The van der Waals surface area contributed by atoms with Crippen molar-refractivity contribution in [2.45, 2.75) is 107 Å². The van der Waals surface area contributed by atoms with Crippen LogP contribution >= 0.6 is 0 Å². The van der Waals surface area contributed by atoms with E-state index in [1.807, 2.05) is 13.0 Å². The molecule has 8 aliphatic rings. The number of Topliss-reactive ketones (excluding diaryl/α,β-unsaturated/α-hetero) is 2. The number of carbonyl (C=O) groups excluding carboxylic acids is 3. The lowest BCUT2D eigenvalue weighted by Crippen LogP contribution is -2.75. The molecule has 8 rings (SSSR count). The molecule has 4 unspecified atom stereocenters. The largest absolute Gasteiger partial charge is 0.458 e. The van der Waals surface area contributed by atoms with Crippen LogP contribution in [0.4, 0.5) is 0 Å². The number of cyclic esters (lactones) is 1. The molecule has 1 spiro atoms. The van der Waals surface area contributed by atoms with Gasteiger partial charge in [0.15, 0.2) is 11.9 Å². The smallest absolute Gasteiger partial charge is 0.331 e. The molecule has 11 heteroatoms. The number of aliphatic hydroxyl groups is 2. The van der Waals surface area contributed by atoms with Gasteiger partial charge in [0.25, 0.3) is 0 Å². The van der Waals surface area contributed by atoms with Crippen molar-refractivity contribution in [2.24, 2.45) is 22.7 Å². The van der Waals surface area contributed by atoms with Gasteiger partial charge in [0, 0.05) is 17.6 Å². The maximum Gasteiger partial charge on any atom is 0.331 e. The van der Waals surface area contributed by atoms with Crippen molar-refractivity contribution in [3.05, 3.63) is 23.3 Å². The Morgan fingerprint density at radius 3 is 2.68 bits per heavy atom. The predicted octanol–water partition coefficient (Wildman–Crippen LogP) is 0.885. The number of ether oxygens (including phenoxy) is 6. The molecule has 0 aromatic rings. The van der Waals surface area contributed by atoms with Crippen molar-refractivity contribution in [2.75, 3.05) is 13.4 Å². The van der Waals surface area contributed by atoms with Gasteiger partial charge in [-0.2, -0.15) is 0 Å². The Balaban J connectivity index is 1.06. The number of carbonyl (C=O) groups is 3. The monoisotopic (exact) mass is 572 g/mol. The van der Waals surface area contributed by atoms with E-state index < -0.39 is 64.3 Å². The molecule has 0 radical (unpaired) electrons. The minimum absolute atomic E-state index is 0.0359. The van der Waals surface area contributed by atoms with Gasteiger partial charge in [-0.05, 0) is 62.9 Å². The third-order valence-electron chi connectivity index (χ3n) is 12.0. The van der Waals surface area contributed by atoms with Crippen molar-refractivity contribution in [3.8, 4) is 0 Å². The van der Waals surface area contributed by atoms with Crippen LogP contribution in [-0.2, 0) is 42.8 Å². The average Bonchev–Trinajstić information content (AvgIpc) is 3.24. The first-order valence-corrected chi connectivity index (χ1v) is 14.7. The van der Waals surface area contributed by atoms with E-state index in [9.17, 15) is 24.6 Å². The molecule has 0 amide bonds. The summed E-state index contributed by atoms with van der Waals surface area (Å²) in [5.74, 6) is -1.76. The fourth-order valence-corrected chi connectivity index (χ4v) is 9.89. The van der Waals surface area contributed by atoms with Gasteiger partial charge in [-0.3, -0.25) is 9.59 Å². The number of epoxide rings is 1. The maximum atomic E-state index is 14.1. The normalized spacial score (nSPS) is 55.2. The van der Waals surface area contributed by atoms with E-state index in [2.05, 4.69) is 6.92 Å². The molecule has 0 bridgehead atoms. The lowest BCUT2D eigenvalue weighted by atomic mass is 9.41. The number of ketones is 2. The van der Waals surface area contributed by atoms with Gasteiger partial charge in [-0.1, -0.05) is 13.0 Å². The van der Waals surface area contributed by atoms with Crippen molar-refractivity contribution >= 4 is 17.5 Å². The molecule has 4 aliphatic heterocycles. The maximum absolute atomic E-state index is 14.1. The summed E-state index contributed by atoms with van der Waals surface area (Å²) in [4.78, 5) is 39.0. The quantitative estimate of drug-likeness (QED) is 0.282. The van der Waals surface area contributed by atoms with E-state index in [0.717, 1.165) is 0 Å². The Hall–Kier alpha value is -1.99. The highest BCUT2D eigenvalue weighted by Gasteiger charge is 2.87. The lowest BCUT2D eigenvalue weighted by Gasteiger charge is -2.62. The van der Waals surface area contributed by atoms with E-state index in [0.29, 0.717) is 36.8 Å². The molecule has 4 aliphatic carbocycles. The van der Waals surface area contributed by atoms with Crippen molar-refractivity contribution < 1.29 is 53.0 Å². The Morgan fingerprint density at radius 1 is 1.12 bits per heavy atom. The standard InChI is InChI=1S/C30H36O11/c1-13-22-23(38-12-37-22)20(32)26(39-13)40-16-4-6-27(2)15(9-16)10-18-30(41-18)24(27)21(33)25(34)28(3)17(5-7-29(28,30)35)14-8-19(31)36-11-14/h5,8,13,15-16,18,21-24,26,33,35H,4,6-7,9-12H2,1-3H3/t13?,15-,16-,18-,21-,22?,23?,24+,26?,27-,28-,29+,30-/m0/s1. The zero-order chi connectivity index (χ0) is 28.7. The van der Waals surface area contributed by atoms with Crippen LogP contribution in [0.15, 0.2) is 23.3 Å². The van der Waals surface area contributed by atoms with E-state index in [-0.39, 0.29) is 49.8 Å². The van der Waals surface area contributed by atoms with Crippen LogP contribution in [0.5, 0.6) is 0 Å². The summed E-state index contributed by atoms with van der Waals surface area (Å²) >= 11 is 0. The molecule has 222 valence electrons. The first kappa shape index (κ1) is 26.6. The fraction of sp³-hybridized carbons (Fsp3) is 0.767. The first-order valence-electron chi connectivity index (χ1n) is 14.7. The number of fused-ring (bicyclic) bond motifs is 4. The van der Waals surface area contributed by atoms with Crippen LogP contribution in [0.3, 0.4) is 0 Å². The third kappa shape index (κ3) is 3.10. The van der Waals surface area contributed by atoms with Crippen LogP contribution in [-0.4, -0.2) is 95.3 Å². The molecule has 13 atom stereocenters. The SMILES string of the molecule is CC1OC(O[C@H]2CC[C@@]3(C)[C@@H](C2)C[C@@H]2O[C@]24[C@@H]3[C@H](O)C(=O)[C@]2(C)C(C3=CC(=O)OC3)=CC[C@@]24O)C(=O)C2OCOC12. The Morgan fingerprint density at radius 2 is 1.93 bits per heavy atom. The number of rotatable bonds is 3. The minimum Gasteiger partial charge on any atom is -0.458 e. The van der Waals surface area contributed by atoms with E-state index in [1.54, 1.807) is 6.92 Å².